The molecule has 0 N–H and O–H groups in total. The van der Waals surface area contributed by atoms with Crippen LogP contribution in [0.15, 0.2) is 48.6 Å². The third kappa shape index (κ3) is 31.5. The van der Waals surface area contributed by atoms with Gasteiger partial charge in [0.05, 0.1) is 0 Å². The second-order valence-electron chi connectivity index (χ2n) is 12.7. The fraction of sp³-hybridized carbons (Fsp3) is 0.800. The molecule has 0 unspecified atom stereocenters. The van der Waals surface area contributed by atoms with Gasteiger partial charge < -0.3 is 0 Å². The van der Waals surface area contributed by atoms with E-state index in [0.717, 1.165) is 11.8 Å². The van der Waals surface area contributed by atoms with Crippen LogP contribution in [0, 0.1) is 11.8 Å². The van der Waals surface area contributed by atoms with Crippen molar-refractivity contribution in [1.82, 2.24) is 0 Å². The van der Waals surface area contributed by atoms with Crippen molar-refractivity contribution in [1.29, 1.82) is 0 Å². The van der Waals surface area contributed by atoms with Crippen molar-refractivity contribution in [3.63, 3.8) is 0 Å². The number of unbranched alkanes of at least 4 members (excludes halogenated alkanes) is 18. The highest BCUT2D eigenvalue weighted by molar-refractivity contribution is 4.86. The Bertz CT molecular complexity index is 527. The lowest BCUT2D eigenvalue weighted by atomic mass is 9.87. The Labute approximate surface area is 254 Å². The molecule has 0 aromatic rings. The molecular weight excluding hydrogens is 480 g/mol. The summed E-state index contributed by atoms with van der Waals surface area (Å²) >= 11 is 0. The molecule has 0 aliphatic heterocycles. The summed E-state index contributed by atoms with van der Waals surface area (Å²) in [6, 6.07) is 0. The van der Waals surface area contributed by atoms with Crippen LogP contribution >= 0.6 is 0 Å². The summed E-state index contributed by atoms with van der Waals surface area (Å²) in [6.07, 6.45) is 54.6. The summed E-state index contributed by atoms with van der Waals surface area (Å²) in [5, 5.41) is 0. The van der Waals surface area contributed by atoms with E-state index in [1.807, 2.05) is 0 Å². The molecule has 0 aromatic carbocycles. The van der Waals surface area contributed by atoms with E-state index in [-0.39, 0.29) is 0 Å². The zero-order chi connectivity index (χ0) is 29.2. The summed E-state index contributed by atoms with van der Waals surface area (Å²) in [5.74, 6) is 1.67. The number of rotatable bonds is 31. The highest BCUT2D eigenvalue weighted by Gasteiger charge is 2.11. The molecule has 0 nitrogen and oxygen atoms in total. The molecule has 0 atom stereocenters. The maximum absolute atomic E-state index is 2.47. The Hall–Kier alpha value is -1.04. The Kier molecular flexibility index (Phi) is 33.3. The molecule has 0 heterocycles. The lowest BCUT2D eigenvalue weighted by Gasteiger charge is -2.19. The Morgan fingerprint density at radius 2 is 0.575 bits per heavy atom. The second-order valence-corrected chi connectivity index (χ2v) is 12.7. The van der Waals surface area contributed by atoms with Crippen molar-refractivity contribution >= 4 is 0 Å². The summed E-state index contributed by atoms with van der Waals surface area (Å²) in [5.41, 5.74) is 0. The van der Waals surface area contributed by atoms with E-state index in [0.29, 0.717) is 0 Å². The van der Waals surface area contributed by atoms with Crippen molar-refractivity contribution in [2.45, 2.75) is 195 Å². The van der Waals surface area contributed by atoms with Gasteiger partial charge in [0.2, 0.25) is 0 Å². The standard InChI is InChI=1S/C40H74/c1-5-7-9-11-13-15-17-19-21-23-25-27-29-31-33-35-37-40(39(3)4)38-36-34-32-30-28-26-24-22-20-18-16-14-12-10-8-6-2/h15-18,31-34,39-40H,5-14,19-30,35-38H2,1-4H3/b17-15+,18-16+,33-31+,34-32+. The van der Waals surface area contributed by atoms with Crippen LogP contribution in [0.1, 0.15) is 195 Å². The number of allylic oxidation sites excluding steroid dienone is 8. The zero-order valence-electron chi connectivity index (χ0n) is 28.2. The highest BCUT2D eigenvalue weighted by Crippen LogP contribution is 2.23. The van der Waals surface area contributed by atoms with Crippen LogP contribution in [-0.4, -0.2) is 0 Å². The molecule has 0 saturated heterocycles. The van der Waals surface area contributed by atoms with Crippen LogP contribution in [0.25, 0.3) is 0 Å². The maximum Gasteiger partial charge on any atom is -0.0348 e. The minimum Gasteiger partial charge on any atom is -0.0885 e. The Morgan fingerprint density at radius 1 is 0.325 bits per heavy atom. The predicted molar refractivity (Wildman–Crippen MR) is 186 cm³/mol. The van der Waals surface area contributed by atoms with Gasteiger partial charge in [-0.25, -0.2) is 0 Å². The fourth-order valence-corrected chi connectivity index (χ4v) is 5.51. The van der Waals surface area contributed by atoms with Crippen molar-refractivity contribution in [2.24, 2.45) is 11.8 Å². The van der Waals surface area contributed by atoms with Crippen LogP contribution in [-0.2, 0) is 0 Å². The molecule has 0 rings (SSSR count). The summed E-state index contributed by atoms with van der Waals surface area (Å²) < 4.78 is 0. The lowest BCUT2D eigenvalue weighted by molar-refractivity contribution is 0.341. The van der Waals surface area contributed by atoms with Gasteiger partial charge in [0, 0.05) is 0 Å². The van der Waals surface area contributed by atoms with Gasteiger partial charge in [-0.1, -0.05) is 141 Å². The van der Waals surface area contributed by atoms with Gasteiger partial charge in [-0.05, 0) is 115 Å². The van der Waals surface area contributed by atoms with Gasteiger partial charge in [0.25, 0.3) is 0 Å². The van der Waals surface area contributed by atoms with E-state index in [2.05, 4.69) is 76.3 Å². The summed E-state index contributed by atoms with van der Waals surface area (Å²) in [7, 11) is 0. The second kappa shape index (κ2) is 34.2. The van der Waals surface area contributed by atoms with Gasteiger partial charge in [0.1, 0.15) is 0 Å². The molecule has 0 aromatic heterocycles. The van der Waals surface area contributed by atoms with Gasteiger partial charge in [0.15, 0.2) is 0 Å². The molecular formula is C40H74. The van der Waals surface area contributed by atoms with Gasteiger partial charge in [-0.15, -0.1) is 0 Å². The van der Waals surface area contributed by atoms with E-state index < -0.39 is 0 Å². The van der Waals surface area contributed by atoms with Gasteiger partial charge in [-0.2, -0.15) is 0 Å². The quantitative estimate of drug-likeness (QED) is 0.0590. The van der Waals surface area contributed by atoms with Crippen molar-refractivity contribution in [3.05, 3.63) is 48.6 Å². The van der Waals surface area contributed by atoms with Crippen molar-refractivity contribution in [3.8, 4) is 0 Å². The van der Waals surface area contributed by atoms with Crippen LogP contribution in [0.2, 0.25) is 0 Å². The van der Waals surface area contributed by atoms with Crippen molar-refractivity contribution in [2.75, 3.05) is 0 Å². The van der Waals surface area contributed by atoms with Crippen LogP contribution < -0.4 is 0 Å². The molecule has 0 heteroatoms. The average molecular weight is 555 g/mol. The SMILES string of the molecule is CCCCCC/C=C/CCCCCC/C=C/CCC(CC/C=C/CCCCCC/C=C/CCCCCC)C(C)C. The van der Waals surface area contributed by atoms with E-state index >= 15 is 0 Å². The first-order valence-corrected chi connectivity index (χ1v) is 18.3. The zero-order valence-corrected chi connectivity index (χ0v) is 28.2. The molecule has 0 fully saturated rings. The summed E-state index contributed by atoms with van der Waals surface area (Å²) in [4.78, 5) is 0. The maximum atomic E-state index is 2.47. The smallest absolute Gasteiger partial charge is 0.0348 e. The molecule has 0 saturated carbocycles. The van der Waals surface area contributed by atoms with Crippen LogP contribution in [0.4, 0.5) is 0 Å². The first-order chi connectivity index (χ1) is 19.7. The monoisotopic (exact) mass is 555 g/mol. The molecule has 0 amide bonds. The molecule has 40 heavy (non-hydrogen) atoms. The number of hydrogen-bond acceptors (Lipinski definition) is 0. The van der Waals surface area contributed by atoms with E-state index in [4.69, 9.17) is 0 Å². The third-order valence-electron chi connectivity index (χ3n) is 8.45. The van der Waals surface area contributed by atoms with Gasteiger partial charge >= 0.3 is 0 Å². The first kappa shape index (κ1) is 39.0. The highest BCUT2D eigenvalue weighted by atomic mass is 14.2. The Balaban J connectivity index is 3.59. The topological polar surface area (TPSA) is 0 Å². The molecule has 0 aliphatic carbocycles. The Morgan fingerprint density at radius 3 is 0.825 bits per heavy atom. The van der Waals surface area contributed by atoms with Crippen molar-refractivity contribution < 1.29 is 0 Å². The van der Waals surface area contributed by atoms with E-state index in [1.165, 1.54) is 167 Å². The minimum absolute atomic E-state index is 0.803. The molecule has 0 aliphatic rings. The first-order valence-electron chi connectivity index (χ1n) is 18.3. The minimum atomic E-state index is 0.803. The van der Waals surface area contributed by atoms with Crippen LogP contribution in [0.3, 0.4) is 0 Å². The predicted octanol–water partition coefficient (Wildman–Crippen LogP) is 14.7. The van der Waals surface area contributed by atoms with Gasteiger partial charge in [-0.3, -0.25) is 0 Å². The fourth-order valence-electron chi connectivity index (χ4n) is 5.51. The average Bonchev–Trinajstić information content (AvgIpc) is 2.95. The summed E-state index contributed by atoms with van der Waals surface area (Å²) in [6.45, 7) is 9.41. The third-order valence-corrected chi connectivity index (χ3v) is 8.45. The molecule has 0 radical (unpaired) electrons. The molecule has 0 spiro atoms. The van der Waals surface area contributed by atoms with E-state index in [1.54, 1.807) is 0 Å². The largest absolute Gasteiger partial charge is 0.0885 e. The molecule has 234 valence electrons. The van der Waals surface area contributed by atoms with Crippen LogP contribution in [0.5, 0.6) is 0 Å². The lowest BCUT2D eigenvalue weighted by Crippen LogP contribution is -2.08. The number of hydrogen-bond donors (Lipinski definition) is 0. The van der Waals surface area contributed by atoms with E-state index in [9.17, 15) is 0 Å². The molecule has 0 bridgehead atoms. The normalized spacial score (nSPS) is 12.7.